The molecular formula is C5H16ClNaO10P2. The minimum atomic E-state index is -4.81. The Hall–Kier alpha value is 1.43. The molecule has 0 rings (SSSR count). The fourth-order valence-corrected chi connectivity index (χ4v) is 1.89. The number of alkyl halides is 1. The van der Waals surface area contributed by atoms with Gasteiger partial charge in [-0.15, -0.1) is 0 Å². The van der Waals surface area contributed by atoms with Crippen molar-refractivity contribution < 1.29 is 48.0 Å². The topological polar surface area (TPSA) is 174 Å². The average molecular weight is 357 g/mol. The first kappa shape index (κ1) is 25.4. The van der Waals surface area contributed by atoms with Crippen LogP contribution in [0.25, 0.3) is 0 Å². The van der Waals surface area contributed by atoms with E-state index in [1.54, 1.807) is 0 Å². The normalized spacial score (nSPS) is 14.7. The van der Waals surface area contributed by atoms with Gasteiger partial charge < -0.3 is 29.8 Å². The van der Waals surface area contributed by atoms with E-state index in [-0.39, 0.29) is 42.8 Å². The molecule has 0 saturated carbocycles. The molecule has 114 valence electrons. The zero-order valence-electron chi connectivity index (χ0n) is 9.16. The van der Waals surface area contributed by atoms with Crippen LogP contribution in [-0.2, 0) is 18.2 Å². The number of halogens is 1. The molecule has 2 atom stereocenters. The third-order valence-electron chi connectivity index (χ3n) is 1.01. The number of rotatable bonds is 6. The number of phosphoric acid groups is 2. The molecule has 0 radical (unpaired) electrons. The molecule has 19 heavy (non-hydrogen) atoms. The minimum absolute atomic E-state index is 0. The van der Waals surface area contributed by atoms with Crippen molar-refractivity contribution in [2.75, 3.05) is 13.2 Å². The molecule has 0 fully saturated rings. The van der Waals surface area contributed by atoms with Crippen LogP contribution in [0.5, 0.6) is 0 Å². The predicted molar refractivity (Wildman–Crippen MR) is 66.7 cm³/mol. The summed E-state index contributed by atoms with van der Waals surface area (Å²) in [6, 6.07) is 0. The number of aliphatic hydroxyl groups excluding tert-OH is 2. The molecule has 2 unspecified atom stereocenters. The van der Waals surface area contributed by atoms with Gasteiger partial charge in [0.1, 0.15) is 6.10 Å². The molecule has 10 nitrogen and oxygen atoms in total. The Morgan fingerprint density at radius 3 is 1.53 bits per heavy atom. The molecule has 0 amide bonds. The third kappa shape index (κ3) is 21.9. The van der Waals surface area contributed by atoms with Gasteiger partial charge in [0.2, 0.25) is 0 Å². The van der Waals surface area contributed by atoms with Gasteiger partial charge >= 0.3 is 45.2 Å². The van der Waals surface area contributed by atoms with Gasteiger partial charge in [-0.05, 0) is 6.92 Å². The van der Waals surface area contributed by atoms with E-state index in [4.69, 9.17) is 41.4 Å². The standard InChI is InChI=1S/C3H9ClO8P2.C2H6O2.Na.H/c1-2(11-13(5,6)7)3(4)12-14(8,9)10;3-1-2-4;;/h2-3H,1H3,(H2,5,6,7)(H2,8,9,10);3-4H,1-2H2;;. The second kappa shape index (κ2) is 12.0. The molecule has 14 heteroatoms. The Balaban J connectivity index is -0.000000448. The van der Waals surface area contributed by atoms with Gasteiger partial charge in [-0.25, -0.2) is 9.13 Å². The Bertz CT molecular complexity index is 274. The summed E-state index contributed by atoms with van der Waals surface area (Å²) in [5, 5.41) is 15.2. The SMILES string of the molecule is CC(OP(=O)(O)O)C(Cl)OP(=O)(O)O.OCCO.[NaH]. The van der Waals surface area contributed by atoms with Gasteiger partial charge in [-0.3, -0.25) is 9.05 Å². The van der Waals surface area contributed by atoms with Crippen molar-refractivity contribution in [2.24, 2.45) is 0 Å². The van der Waals surface area contributed by atoms with E-state index in [0.29, 0.717) is 0 Å². The van der Waals surface area contributed by atoms with Gasteiger partial charge in [-0.1, -0.05) is 11.6 Å². The molecule has 0 aliphatic heterocycles. The summed E-state index contributed by atoms with van der Waals surface area (Å²) in [4.78, 5) is 33.2. The van der Waals surface area contributed by atoms with Crippen LogP contribution >= 0.6 is 27.2 Å². The fourth-order valence-electron chi connectivity index (χ4n) is 0.481. The van der Waals surface area contributed by atoms with Crippen LogP contribution in [0.4, 0.5) is 0 Å². The van der Waals surface area contributed by atoms with E-state index >= 15 is 0 Å². The van der Waals surface area contributed by atoms with Crippen LogP contribution in [0.15, 0.2) is 0 Å². The quantitative estimate of drug-likeness (QED) is 0.186. The Morgan fingerprint density at radius 1 is 1.00 bits per heavy atom. The van der Waals surface area contributed by atoms with Crippen LogP contribution in [0.1, 0.15) is 6.92 Å². The second-order valence-corrected chi connectivity index (χ2v) is 5.51. The van der Waals surface area contributed by atoms with E-state index in [0.717, 1.165) is 6.92 Å². The van der Waals surface area contributed by atoms with Crippen molar-refractivity contribution in [3.05, 3.63) is 0 Å². The zero-order valence-corrected chi connectivity index (χ0v) is 11.7. The predicted octanol–water partition coefficient (Wildman–Crippen LogP) is -1.52. The van der Waals surface area contributed by atoms with Gasteiger partial charge in [-0.2, -0.15) is 0 Å². The zero-order chi connectivity index (χ0) is 15.0. The first-order valence-corrected chi connectivity index (χ1v) is 7.76. The molecule has 0 bridgehead atoms. The summed E-state index contributed by atoms with van der Waals surface area (Å²) in [5.74, 6) is 0. The van der Waals surface area contributed by atoms with Gasteiger partial charge in [0.05, 0.1) is 13.2 Å². The summed E-state index contributed by atoms with van der Waals surface area (Å²) in [6.45, 7) is 0.840. The van der Waals surface area contributed by atoms with Crippen LogP contribution < -0.4 is 0 Å². The molecule has 0 aromatic carbocycles. The third-order valence-corrected chi connectivity index (χ3v) is 2.69. The first-order chi connectivity index (χ1) is 7.93. The van der Waals surface area contributed by atoms with E-state index in [1.165, 1.54) is 0 Å². The van der Waals surface area contributed by atoms with Crippen LogP contribution in [0, 0.1) is 0 Å². The molecule has 0 aliphatic rings. The van der Waals surface area contributed by atoms with Crippen LogP contribution in [0.2, 0.25) is 0 Å². The molecule has 6 N–H and O–H groups in total. The molecule has 0 aliphatic carbocycles. The maximum absolute atomic E-state index is 10.3. The summed E-state index contributed by atoms with van der Waals surface area (Å²) in [6.07, 6.45) is -1.37. The van der Waals surface area contributed by atoms with Crippen LogP contribution in [-0.4, -0.2) is 84.2 Å². The van der Waals surface area contributed by atoms with E-state index in [1.807, 2.05) is 0 Å². The van der Waals surface area contributed by atoms with Crippen molar-refractivity contribution in [1.29, 1.82) is 0 Å². The Kier molecular flexibility index (Phi) is 16.1. The first-order valence-electron chi connectivity index (χ1n) is 4.26. The summed E-state index contributed by atoms with van der Waals surface area (Å²) in [5.41, 5.74) is -1.66. The van der Waals surface area contributed by atoms with Crippen molar-refractivity contribution in [2.45, 2.75) is 18.6 Å². The van der Waals surface area contributed by atoms with Gasteiger partial charge in [0.15, 0.2) is 5.56 Å². The van der Waals surface area contributed by atoms with Crippen molar-refractivity contribution in [3.63, 3.8) is 0 Å². The molecule has 0 saturated heterocycles. The number of phosphoric ester groups is 2. The number of aliphatic hydroxyl groups is 2. The number of hydrogen-bond donors (Lipinski definition) is 6. The van der Waals surface area contributed by atoms with Crippen molar-refractivity contribution in [1.82, 2.24) is 0 Å². The van der Waals surface area contributed by atoms with Gasteiger partial charge in [0.25, 0.3) is 0 Å². The summed E-state index contributed by atoms with van der Waals surface area (Å²) >= 11 is 5.24. The van der Waals surface area contributed by atoms with Gasteiger partial charge in [0, 0.05) is 0 Å². The van der Waals surface area contributed by atoms with Crippen LogP contribution in [0.3, 0.4) is 0 Å². The Labute approximate surface area is 136 Å². The Morgan fingerprint density at radius 2 is 1.32 bits per heavy atom. The summed E-state index contributed by atoms with van der Waals surface area (Å²) < 4.78 is 28.4. The molecule has 0 aromatic heterocycles. The van der Waals surface area contributed by atoms with E-state index in [2.05, 4.69) is 9.05 Å². The van der Waals surface area contributed by atoms with Crippen molar-refractivity contribution >= 4 is 56.8 Å². The summed E-state index contributed by atoms with van der Waals surface area (Å²) in [7, 11) is -9.56. The average Bonchev–Trinajstić information content (AvgIpc) is 2.13. The van der Waals surface area contributed by atoms with E-state index in [9.17, 15) is 9.13 Å². The van der Waals surface area contributed by atoms with Crippen molar-refractivity contribution in [3.8, 4) is 0 Å². The molecular weight excluding hydrogens is 340 g/mol. The monoisotopic (exact) mass is 356 g/mol. The maximum atomic E-state index is 10.3. The molecule has 0 spiro atoms. The second-order valence-electron chi connectivity index (χ2n) is 2.70. The fraction of sp³-hybridized carbons (Fsp3) is 1.00. The molecule has 0 heterocycles. The number of hydrogen-bond acceptors (Lipinski definition) is 6. The molecule has 0 aromatic rings. The van der Waals surface area contributed by atoms with E-state index < -0.39 is 27.3 Å².